The molecule has 0 radical (unpaired) electrons. The second-order valence-electron chi connectivity index (χ2n) is 3.88. The Morgan fingerprint density at radius 1 is 1.33 bits per heavy atom. The summed E-state index contributed by atoms with van der Waals surface area (Å²) in [7, 11) is 0. The van der Waals surface area contributed by atoms with Crippen molar-refractivity contribution in [3.05, 3.63) is 42.7 Å². The molecule has 0 atom stereocenters. The van der Waals surface area contributed by atoms with Crippen molar-refractivity contribution in [2.45, 2.75) is 6.92 Å². The van der Waals surface area contributed by atoms with E-state index < -0.39 is 5.97 Å². The fourth-order valence-corrected chi connectivity index (χ4v) is 1.44. The van der Waals surface area contributed by atoms with Gasteiger partial charge in [0, 0.05) is 17.0 Å². The van der Waals surface area contributed by atoms with Crippen LogP contribution in [0.3, 0.4) is 0 Å². The Balaban J connectivity index is 1.83. The van der Waals surface area contributed by atoms with E-state index in [0.29, 0.717) is 17.9 Å². The summed E-state index contributed by atoms with van der Waals surface area (Å²) in [5.74, 6) is 0.281. The van der Waals surface area contributed by atoms with Crippen LogP contribution in [0.4, 0.5) is 0 Å². The molecule has 4 nitrogen and oxygen atoms in total. The standard InChI is InChI=1S/C14H14O4/c1-10(2)14(15)18-8-7-16-12-4-3-11-5-6-17-13(11)9-12/h3-6,9H,1,7-8H2,2H3. The molecule has 0 saturated carbocycles. The number of ether oxygens (including phenoxy) is 2. The van der Waals surface area contributed by atoms with Gasteiger partial charge in [-0.15, -0.1) is 0 Å². The van der Waals surface area contributed by atoms with Gasteiger partial charge in [-0.1, -0.05) is 6.58 Å². The van der Waals surface area contributed by atoms with Gasteiger partial charge in [-0.3, -0.25) is 0 Å². The molecule has 0 N–H and O–H groups in total. The van der Waals surface area contributed by atoms with Crippen molar-refractivity contribution in [1.82, 2.24) is 0 Å². The zero-order valence-electron chi connectivity index (χ0n) is 10.1. The lowest BCUT2D eigenvalue weighted by molar-refractivity contribution is -0.139. The molecule has 0 saturated heterocycles. The number of carbonyl (C=O) groups is 1. The van der Waals surface area contributed by atoms with Gasteiger partial charge >= 0.3 is 5.97 Å². The number of fused-ring (bicyclic) bond motifs is 1. The minimum absolute atomic E-state index is 0.196. The van der Waals surface area contributed by atoms with E-state index in [-0.39, 0.29) is 6.61 Å². The van der Waals surface area contributed by atoms with Gasteiger partial charge in [0.1, 0.15) is 24.5 Å². The average Bonchev–Trinajstić information content (AvgIpc) is 2.81. The Hall–Kier alpha value is -2.23. The van der Waals surface area contributed by atoms with Crippen LogP contribution >= 0.6 is 0 Å². The fourth-order valence-electron chi connectivity index (χ4n) is 1.44. The van der Waals surface area contributed by atoms with Gasteiger partial charge in [0.25, 0.3) is 0 Å². The Morgan fingerprint density at radius 2 is 2.17 bits per heavy atom. The molecule has 18 heavy (non-hydrogen) atoms. The lowest BCUT2D eigenvalue weighted by Gasteiger charge is -2.07. The molecule has 2 rings (SSSR count). The number of hydrogen-bond acceptors (Lipinski definition) is 4. The Kier molecular flexibility index (Phi) is 3.67. The van der Waals surface area contributed by atoms with Gasteiger partial charge in [0.05, 0.1) is 6.26 Å². The topological polar surface area (TPSA) is 48.7 Å². The van der Waals surface area contributed by atoms with Crippen LogP contribution in [0.25, 0.3) is 11.0 Å². The first kappa shape index (κ1) is 12.2. The highest BCUT2D eigenvalue weighted by molar-refractivity contribution is 5.86. The predicted molar refractivity (Wildman–Crippen MR) is 67.5 cm³/mol. The van der Waals surface area contributed by atoms with E-state index >= 15 is 0 Å². The zero-order chi connectivity index (χ0) is 13.0. The molecule has 0 spiro atoms. The van der Waals surface area contributed by atoms with E-state index in [1.807, 2.05) is 18.2 Å². The van der Waals surface area contributed by atoms with Gasteiger partial charge in [0.2, 0.25) is 0 Å². The number of furan rings is 1. The zero-order valence-corrected chi connectivity index (χ0v) is 10.1. The highest BCUT2D eigenvalue weighted by Crippen LogP contribution is 2.21. The van der Waals surface area contributed by atoms with Gasteiger partial charge < -0.3 is 13.9 Å². The monoisotopic (exact) mass is 246 g/mol. The number of carbonyl (C=O) groups excluding carboxylic acids is 1. The first-order valence-electron chi connectivity index (χ1n) is 5.59. The van der Waals surface area contributed by atoms with Crippen LogP contribution in [0.5, 0.6) is 5.75 Å². The Labute approximate surface area is 105 Å². The summed E-state index contributed by atoms with van der Waals surface area (Å²) >= 11 is 0. The van der Waals surface area contributed by atoms with Gasteiger partial charge in [0.15, 0.2) is 0 Å². The second-order valence-corrected chi connectivity index (χ2v) is 3.88. The van der Waals surface area contributed by atoms with Crippen molar-refractivity contribution in [3.8, 4) is 5.75 Å². The lowest BCUT2D eigenvalue weighted by Crippen LogP contribution is -2.12. The van der Waals surface area contributed by atoms with Crippen molar-refractivity contribution in [1.29, 1.82) is 0 Å². The van der Waals surface area contributed by atoms with E-state index in [9.17, 15) is 4.79 Å². The van der Waals surface area contributed by atoms with Crippen LogP contribution in [0.2, 0.25) is 0 Å². The molecule has 0 aliphatic carbocycles. The molecule has 0 aliphatic rings. The summed E-state index contributed by atoms with van der Waals surface area (Å²) in [5, 5.41) is 1.02. The quantitative estimate of drug-likeness (QED) is 0.462. The average molecular weight is 246 g/mol. The molecule has 1 aromatic carbocycles. The summed E-state index contributed by atoms with van der Waals surface area (Å²) in [6.45, 7) is 5.59. The van der Waals surface area contributed by atoms with Crippen LogP contribution in [-0.2, 0) is 9.53 Å². The minimum Gasteiger partial charge on any atom is -0.490 e. The van der Waals surface area contributed by atoms with E-state index in [4.69, 9.17) is 13.9 Å². The molecule has 0 unspecified atom stereocenters. The molecule has 4 heteroatoms. The highest BCUT2D eigenvalue weighted by Gasteiger charge is 2.03. The third-order valence-electron chi connectivity index (χ3n) is 2.36. The molecule has 0 bridgehead atoms. The van der Waals surface area contributed by atoms with Crippen LogP contribution in [0.15, 0.2) is 47.1 Å². The fraction of sp³-hybridized carbons (Fsp3) is 0.214. The third kappa shape index (κ3) is 2.91. The largest absolute Gasteiger partial charge is 0.490 e. The van der Waals surface area contributed by atoms with E-state index in [2.05, 4.69) is 6.58 Å². The van der Waals surface area contributed by atoms with Crippen LogP contribution in [0.1, 0.15) is 6.92 Å². The van der Waals surface area contributed by atoms with Crippen LogP contribution in [0, 0.1) is 0 Å². The highest BCUT2D eigenvalue weighted by atomic mass is 16.6. The van der Waals surface area contributed by atoms with Gasteiger partial charge in [-0.25, -0.2) is 4.79 Å². The molecule has 0 fully saturated rings. The molecule has 0 amide bonds. The first-order valence-corrected chi connectivity index (χ1v) is 5.59. The Bertz CT molecular complexity index is 568. The first-order chi connectivity index (χ1) is 8.66. The molecule has 94 valence electrons. The summed E-state index contributed by atoms with van der Waals surface area (Å²) in [6, 6.07) is 7.44. The lowest BCUT2D eigenvalue weighted by atomic mass is 10.2. The number of esters is 1. The SMILES string of the molecule is C=C(C)C(=O)OCCOc1ccc2ccoc2c1. The Morgan fingerprint density at radius 3 is 2.94 bits per heavy atom. The van der Waals surface area contributed by atoms with Crippen molar-refractivity contribution < 1.29 is 18.7 Å². The minimum atomic E-state index is -0.403. The summed E-state index contributed by atoms with van der Waals surface area (Å²) in [4.78, 5) is 11.1. The molecular formula is C14H14O4. The second kappa shape index (κ2) is 5.40. The molecule has 1 aromatic heterocycles. The summed E-state index contributed by atoms with van der Waals surface area (Å²) in [5.41, 5.74) is 1.15. The summed E-state index contributed by atoms with van der Waals surface area (Å²) < 4.78 is 15.6. The van der Waals surface area contributed by atoms with Crippen molar-refractivity contribution in [2.24, 2.45) is 0 Å². The van der Waals surface area contributed by atoms with Crippen molar-refractivity contribution in [2.75, 3.05) is 13.2 Å². The van der Waals surface area contributed by atoms with E-state index in [1.165, 1.54) is 0 Å². The van der Waals surface area contributed by atoms with Crippen LogP contribution < -0.4 is 4.74 Å². The number of rotatable bonds is 5. The maximum atomic E-state index is 11.1. The predicted octanol–water partition coefficient (Wildman–Crippen LogP) is 2.93. The normalized spacial score (nSPS) is 10.3. The maximum Gasteiger partial charge on any atom is 0.333 e. The molecule has 2 aromatic rings. The van der Waals surface area contributed by atoms with Crippen molar-refractivity contribution in [3.63, 3.8) is 0 Å². The molecule has 1 heterocycles. The molecular weight excluding hydrogens is 232 g/mol. The number of benzene rings is 1. The maximum absolute atomic E-state index is 11.1. The van der Waals surface area contributed by atoms with E-state index in [0.717, 1.165) is 11.0 Å². The van der Waals surface area contributed by atoms with Gasteiger partial charge in [-0.05, 0) is 25.1 Å². The molecule has 0 aliphatic heterocycles. The third-order valence-corrected chi connectivity index (χ3v) is 2.36. The smallest absolute Gasteiger partial charge is 0.333 e. The van der Waals surface area contributed by atoms with Crippen LogP contribution in [-0.4, -0.2) is 19.2 Å². The van der Waals surface area contributed by atoms with E-state index in [1.54, 1.807) is 19.3 Å². The number of hydrogen-bond donors (Lipinski definition) is 0. The van der Waals surface area contributed by atoms with Gasteiger partial charge in [-0.2, -0.15) is 0 Å². The van der Waals surface area contributed by atoms with Crippen molar-refractivity contribution >= 4 is 16.9 Å². The summed E-state index contributed by atoms with van der Waals surface area (Å²) in [6.07, 6.45) is 1.63.